The van der Waals surface area contributed by atoms with Crippen LogP contribution < -0.4 is 11.1 Å². The van der Waals surface area contributed by atoms with Crippen LogP contribution in [0.4, 0.5) is 0 Å². The zero-order valence-electron chi connectivity index (χ0n) is 10.4. The molecule has 0 aliphatic heterocycles. The molecule has 1 fully saturated rings. The summed E-state index contributed by atoms with van der Waals surface area (Å²) in [5.41, 5.74) is 5.96. The van der Waals surface area contributed by atoms with Crippen LogP contribution >= 0.6 is 0 Å². The maximum absolute atomic E-state index is 12.0. The van der Waals surface area contributed by atoms with Crippen LogP contribution in [0, 0.1) is 18.3 Å². The van der Waals surface area contributed by atoms with Crippen molar-refractivity contribution < 1.29 is 14.7 Å². The molecule has 5 heteroatoms. The molecular formula is C13H20N2O3. The van der Waals surface area contributed by atoms with Crippen LogP contribution in [0.2, 0.25) is 0 Å². The molecule has 0 radical (unpaired) electrons. The first kappa shape index (κ1) is 14.5. The number of carboxylic acids is 1. The second-order valence-corrected chi connectivity index (χ2v) is 4.72. The van der Waals surface area contributed by atoms with Crippen LogP contribution in [0.1, 0.15) is 38.5 Å². The minimum Gasteiger partial charge on any atom is -0.480 e. The Morgan fingerprint density at radius 3 is 2.67 bits per heavy atom. The normalized spacial score (nSPS) is 25.6. The zero-order chi connectivity index (χ0) is 13.5. The van der Waals surface area contributed by atoms with Crippen molar-refractivity contribution in [3.8, 4) is 12.3 Å². The lowest BCUT2D eigenvalue weighted by Crippen LogP contribution is -2.47. The summed E-state index contributed by atoms with van der Waals surface area (Å²) in [6.07, 6.45) is 9.66. The molecule has 1 rings (SSSR count). The Balaban J connectivity index is 2.62. The van der Waals surface area contributed by atoms with Crippen LogP contribution in [0.5, 0.6) is 0 Å². The van der Waals surface area contributed by atoms with Crippen molar-refractivity contribution in [2.45, 2.75) is 50.6 Å². The number of carbonyl (C=O) groups excluding carboxylic acids is 1. The number of nitrogens with one attached hydrogen (secondary N) is 1. The predicted molar refractivity (Wildman–Crippen MR) is 67.6 cm³/mol. The summed E-state index contributed by atoms with van der Waals surface area (Å²) >= 11 is 0. The van der Waals surface area contributed by atoms with Crippen molar-refractivity contribution in [3.63, 3.8) is 0 Å². The standard InChI is InChI=1S/C13H20N2O3/c1-2-6-11(13(17)18)15-12(16)9-7-4-3-5-8-10(9)14/h1,9-11H,3-8,14H2,(H,15,16)(H,17,18). The van der Waals surface area contributed by atoms with Crippen LogP contribution in [0.3, 0.4) is 0 Å². The average Bonchev–Trinajstić information content (AvgIpc) is 2.53. The van der Waals surface area contributed by atoms with Gasteiger partial charge in [0.15, 0.2) is 0 Å². The van der Waals surface area contributed by atoms with E-state index in [-0.39, 0.29) is 24.3 Å². The first-order valence-corrected chi connectivity index (χ1v) is 6.28. The molecule has 3 unspecified atom stereocenters. The number of terminal acetylenes is 1. The molecule has 0 aromatic carbocycles. The number of carbonyl (C=O) groups is 2. The molecule has 4 N–H and O–H groups in total. The summed E-state index contributed by atoms with van der Waals surface area (Å²) < 4.78 is 0. The SMILES string of the molecule is C#CCC(NC(=O)C1CCCCCC1N)C(=O)O. The van der Waals surface area contributed by atoms with E-state index >= 15 is 0 Å². The molecule has 1 aliphatic rings. The molecular weight excluding hydrogens is 232 g/mol. The lowest BCUT2D eigenvalue weighted by atomic mass is 9.94. The molecule has 0 spiro atoms. The summed E-state index contributed by atoms with van der Waals surface area (Å²) in [6, 6.07) is -1.20. The van der Waals surface area contributed by atoms with Crippen molar-refractivity contribution in [3.05, 3.63) is 0 Å². The highest BCUT2D eigenvalue weighted by Gasteiger charge is 2.29. The van der Waals surface area contributed by atoms with Gasteiger partial charge in [0.2, 0.25) is 5.91 Å². The molecule has 3 atom stereocenters. The fraction of sp³-hybridized carbons (Fsp3) is 0.692. The molecule has 1 aliphatic carbocycles. The van der Waals surface area contributed by atoms with Gasteiger partial charge in [0.05, 0.1) is 5.92 Å². The van der Waals surface area contributed by atoms with Crippen molar-refractivity contribution >= 4 is 11.9 Å². The molecule has 1 amide bonds. The van der Waals surface area contributed by atoms with Crippen molar-refractivity contribution in [2.24, 2.45) is 11.7 Å². The third kappa shape index (κ3) is 4.04. The minimum absolute atomic E-state index is 0.0109. The van der Waals surface area contributed by atoms with E-state index in [2.05, 4.69) is 11.2 Å². The molecule has 0 heterocycles. The van der Waals surface area contributed by atoms with Gasteiger partial charge in [-0.2, -0.15) is 0 Å². The van der Waals surface area contributed by atoms with Gasteiger partial charge in [-0.25, -0.2) is 4.79 Å². The lowest BCUT2D eigenvalue weighted by Gasteiger charge is -2.22. The highest BCUT2D eigenvalue weighted by atomic mass is 16.4. The second kappa shape index (κ2) is 7.02. The van der Waals surface area contributed by atoms with E-state index in [1.54, 1.807) is 0 Å². The molecule has 5 nitrogen and oxygen atoms in total. The van der Waals surface area contributed by atoms with Crippen LogP contribution in [0.15, 0.2) is 0 Å². The fourth-order valence-corrected chi connectivity index (χ4v) is 2.26. The molecule has 0 saturated heterocycles. The molecule has 0 aromatic rings. The summed E-state index contributed by atoms with van der Waals surface area (Å²) in [6.45, 7) is 0. The zero-order valence-corrected chi connectivity index (χ0v) is 10.4. The predicted octanol–water partition coefficient (Wildman–Crippen LogP) is 0.487. The van der Waals surface area contributed by atoms with Gasteiger partial charge < -0.3 is 16.2 Å². The molecule has 0 bridgehead atoms. The highest BCUT2D eigenvalue weighted by Crippen LogP contribution is 2.22. The number of rotatable bonds is 4. The Kier molecular flexibility index (Phi) is 5.66. The summed E-state index contributed by atoms with van der Waals surface area (Å²) in [5.74, 6) is 0.562. The Hall–Kier alpha value is -1.54. The summed E-state index contributed by atoms with van der Waals surface area (Å²) in [4.78, 5) is 22.9. The van der Waals surface area contributed by atoms with Crippen LogP contribution in [-0.2, 0) is 9.59 Å². The Bertz CT molecular complexity index is 349. The number of amides is 1. The summed E-state index contributed by atoms with van der Waals surface area (Å²) in [5, 5.41) is 11.4. The van der Waals surface area contributed by atoms with Gasteiger partial charge in [-0.1, -0.05) is 19.3 Å². The number of aliphatic carboxylic acids is 1. The second-order valence-electron chi connectivity index (χ2n) is 4.72. The molecule has 18 heavy (non-hydrogen) atoms. The van der Waals surface area contributed by atoms with Crippen molar-refractivity contribution in [1.82, 2.24) is 5.32 Å². The van der Waals surface area contributed by atoms with Crippen molar-refractivity contribution in [1.29, 1.82) is 0 Å². The quantitative estimate of drug-likeness (QED) is 0.501. The molecule has 100 valence electrons. The molecule has 1 saturated carbocycles. The van der Waals surface area contributed by atoms with Gasteiger partial charge in [0.1, 0.15) is 6.04 Å². The van der Waals surface area contributed by atoms with Gasteiger partial charge in [-0.3, -0.25) is 4.79 Å². The lowest BCUT2D eigenvalue weighted by molar-refractivity contribution is -0.142. The van der Waals surface area contributed by atoms with Gasteiger partial charge in [0.25, 0.3) is 0 Å². The Morgan fingerprint density at radius 2 is 2.06 bits per heavy atom. The van der Waals surface area contributed by atoms with E-state index in [0.717, 1.165) is 32.1 Å². The first-order chi connectivity index (χ1) is 8.56. The van der Waals surface area contributed by atoms with Gasteiger partial charge >= 0.3 is 5.97 Å². The first-order valence-electron chi connectivity index (χ1n) is 6.28. The minimum atomic E-state index is -1.11. The largest absolute Gasteiger partial charge is 0.480 e. The topological polar surface area (TPSA) is 92.4 Å². The number of hydrogen-bond donors (Lipinski definition) is 3. The number of nitrogens with two attached hydrogens (primary N) is 1. The van der Waals surface area contributed by atoms with Crippen molar-refractivity contribution in [2.75, 3.05) is 0 Å². The third-order valence-electron chi connectivity index (χ3n) is 3.34. The highest BCUT2D eigenvalue weighted by molar-refractivity contribution is 5.85. The van der Waals surface area contributed by atoms with Crippen LogP contribution in [0.25, 0.3) is 0 Å². The van der Waals surface area contributed by atoms with E-state index in [1.165, 1.54) is 0 Å². The third-order valence-corrected chi connectivity index (χ3v) is 3.34. The fourth-order valence-electron chi connectivity index (χ4n) is 2.26. The Labute approximate surface area is 107 Å². The van der Waals surface area contributed by atoms with Gasteiger partial charge in [-0.15, -0.1) is 12.3 Å². The van der Waals surface area contributed by atoms with E-state index in [4.69, 9.17) is 17.3 Å². The van der Waals surface area contributed by atoms with E-state index < -0.39 is 12.0 Å². The maximum Gasteiger partial charge on any atom is 0.327 e. The smallest absolute Gasteiger partial charge is 0.327 e. The maximum atomic E-state index is 12.0. The average molecular weight is 252 g/mol. The van der Waals surface area contributed by atoms with E-state index in [0.29, 0.717) is 0 Å². The summed E-state index contributed by atoms with van der Waals surface area (Å²) in [7, 11) is 0. The van der Waals surface area contributed by atoms with E-state index in [9.17, 15) is 9.59 Å². The van der Waals surface area contributed by atoms with Gasteiger partial charge in [-0.05, 0) is 12.8 Å². The van der Waals surface area contributed by atoms with Crippen LogP contribution in [-0.4, -0.2) is 29.1 Å². The monoisotopic (exact) mass is 252 g/mol. The van der Waals surface area contributed by atoms with Gasteiger partial charge in [0, 0.05) is 12.5 Å². The Morgan fingerprint density at radius 1 is 1.39 bits per heavy atom. The van der Waals surface area contributed by atoms with E-state index in [1.807, 2.05) is 0 Å². The number of carboxylic acid groups (broad SMARTS) is 1. The molecule has 0 aromatic heterocycles. The number of hydrogen-bond acceptors (Lipinski definition) is 3.